The monoisotopic (exact) mass is 357 g/mol. The van der Waals surface area contributed by atoms with E-state index < -0.39 is 17.7 Å². The summed E-state index contributed by atoms with van der Waals surface area (Å²) in [5, 5.41) is 10.1. The van der Waals surface area contributed by atoms with Crippen LogP contribution in [0.3, 0.4) is 0 Å². The highest BCUT2D eigenvalue weighted by molar-refractivity contribution is 6.42. The van der Waals surface area contributed by atoms with Gasteiger partial charge in [0.15, 0.2) is 6.04 Å². The Labute approximate surface area is 144 Å². The summed E-state index contributed by atoms with van der Waals surface area (Å²) in [6.45, 7) is 0.0163. The molecule has 124 valence electrons. The van der Waals surface area contributed by atoms with Crippen molar-refractivity contribution in [3.05, 3.63) is 33.8 Å². The molecule has 1 heterocycles. The van der Waals surface area contributed by atoms with Crippen LogP contribution in [0.2, 0.25) is 10.0 Å². The van der Waals surface area contributed by atoms with Crippen molar-refractivity contribution in [1.82, 2.24) is 4.90 Å². The fourth-order valence-electron chi connectivity index (χ4n) is 3.43. The molecule has 0 bridgehead atoms. The van der Waals surface area contributed by atoms with E-state index in [-0.39, 0.29) is 17.5 Å². The molecule has 1 spiro atoms. The van der Waals surface area contributed by atoms with E-state index in [1.807, 2.05) is 0 Å². The number of amides is 1. The van der Waals surface area contributed by atoms with E-state index in [1.54, 1.807) is 6.07 Å². The zero-order chi connectivity index (χ0) is 16.6. The van der Waals surface area contributed by atoms with Gasteiger partial charge in [0.1, 0.15) is 5.72 Å². The smallest absolute Gasteiger partial charge is 0.328 e. The van der Waals surface area contributed by atoms with Gasteiger partial charge in [0.05, 0.1) is 16.7 Å². The molecule has 2 fully saturated rings. The summed E-state index contributed by atoms with van der Waals surface area (Å²) in [4.78, 5) is 26.0. The van der Waals surface area contributed by atoms with Crippen molar-refractivity contribution >= 4 is 35.1 Å². The molecule has 23 heavy (non-hydrogen) atoms. The second-order valence-electron chi connectivity index (χ2n) is 5.98. The Bertz CT molecular complexity index is 643. The Balaban J connectivity index is 1.98. The van der Waals surface area contributed by atoms with Crippen LogP contribution in [0.1, 0.15) is 42.5 Å². The summed E-state index contributed by atoms with van der Waals surface area (Å²) in [6, 6.07) is 3.59. The number of halogens is 2. The highest BCUT2D eigenvalue weighted by Gasteiger charge is 2.53. The van der Waals surface area contributed by atoms with Gasteiger partial charge in [0.2, 0.25) is 0 Å². The van der Waals surface area contributed by atoms with Gasteiger partial charge < -0.3 is 9.84 Å². The van der Waals surface area contributed by atoms with Crippen LogP contribution in [0, 0.1) is 0 Å². The summed E-state index contributed by atoms with van der Waals surface area (Å²) in [5.41, 5.74) is -0.495. The fraction of sp³-hybridized carbons (Fsp3) is 0.500. The molecule has 0 aromatic heterocycles. The second kappa shape index (κ2) is 6.30. The minimum Gasteiger partial charge on any atom is -0.480 e. The van der Waals surface area contributed by atoms with Crippen molar-refractivity contribution < 1.29 is 19.4 Å². The number of benzene rings is 1. The Morgan fingerprint density at radius 1 is 1.17 bits per heavy atom. The summed E-state index contributed by atoms with van der Waals surface area (Å²) in [6.07, 6.45) is 4.21. The van der Waals surface area contributed by atoms with E-state index in [4.69, 9.17) is 27.9 Å². The van der Waals surface area contributed by atoms with Crippen LogP contribution in [0.15, 0.2) is 18.2 Å². The van der Waals surface area contributed by atoms with Crippen molar-refractivity contribution in [1.29, 1.82) is 0 Å². The fourth-order valence-corrected chi connectivity index (χ4v) is 3.73. The van der Waals surface area contributed by atoms with Gasteiger partial charge in [0.25, 0.3) is 5.91 Å². The van der Waals surface area contributed by atoms with Crippen LogP contribution in [0.5, 0.6) is 0 Å². The number of rotatable bonds is 2. The number of hydrogen-bond acceptors (Lipinski definition) is 3. The van der Waals surface area contributed by atoms with E-state index in [0.717, 1.165) is 19.3 Å². The van der Waals surface area contributed by atoms with Crippen LogP contribution < -0.4 is 0 Å². The van der Waals surface area contributed by atoms with Crippen LogP contribution in [-0.2, 0) is 9.53 Å². The highest BCUT2D eigenvalue weighted by Crippen LogP contribution is 2.41. The Hall–Kier alpha value is -1.30. The molecule has 3 rings (SSSR count). The maximum atomic E-state index is 13.0. The predicted molar refractivity (Wildman–Crippen MR) is 85.8 cm³/mol. The quantitative estimate of drug-likeness (QED) is 0.878. The number of carbonyl (C=O) groups excluding carboxylic acids is 1. The van der Waals surface area contributed by atoms with Crippen LogP contribution in [0.25, 0.3) is 0 Å². The molecule has 1 aromatic carbocycles. The van der Waals surface area contributed by atoms with Crippen molar-refractivity contribution in [3.8, 4) is 0 Å². The number of ether oxygens (including phenoxy) is 1. The molecule has 2 aliphatic rings. The summed E-state index contributed by atoms with van der Waals surface area (Å²) < 4.78 is 5.83. The van der Waals surface area contributed by atoms with Crippen molar-refractivity contribution in [2.45, 2.75) is 43.9 Å². The van der Waals surface area contributed by atoms with Crippen molar-refractivity contribution in [2.75, 3.05) is 6.61 Å². The molecule has 1 N–H and O–H groups in total. The molecule has 1 saturated carbocycles. The third-order valence-corrected chi connectivity index (χ3v) is 5.30. The molecule has 5 nitrogen and oxygen atoms in total. The Morgan fingerprint density at radius 2 is 1.87 bits per heavy atom. The van der Waals surface area contributed by atoms with E-state index in [0.29, 0.717) is 23.4 Å². The predicted octanol–water partition coefficient (Wildman–Crippen LogP) is 3.58. The molecule has 1 aromatic rings. The molecule has 0 radical (unpaired) electrons. The van der Waals surface area contributed by atoms with E-state index in [9.17, 15) is 14.7 Å². The van der Waals surface area contributed by atoms with Gasteiger partial charge in [-0.1, -0.05) is 29.6 Å². The van der Waals surface area contributed by atoms with E-state index in [2.05, 4.69) is 0 Å². The Morgan fingerprint density at radius 3 is 2.48 bits per heavy atom. The minimum atomic E-state index is -1.05. The van der Waals surface area contributed by atoms with Gasteiger partial charge in [-0.15, -0.1) is 0 Å². The van der Waals surface area contributed by atoms with Crippen LogP contribution >= 0.6 is 23.2 Å². The maximum Gasteiger partial charge on any atom is 0.328 e. The van der Waals surface area contributed by atoms with Gasteiger partial charge >= 0.3 is 5.97 Å². The number of carbonyl (C=O) groups is 2. The molecule has 1 amide bonds. The lowest BCUT2D eigenvalue weighted by Gasteiger charge is -2.41. The molecule has 0 unspecified atom stereocenters. The average Bonchev–Trinajstić information content (AvgIpc) is 2.89. The van der Waals surface area contributed by atoms with Gasteiger partial charge in [-0.25, -0.2) is 4.79 Å². The van der Waals surface area contributed by atoms with E-state index >= 15 is 0 Å². The van der Waals surface area contributed by atoms with Gasteiger partial charge in [0, 0.05) is 5.56 Å². The molecule has 7 heteroatoms. The third kappa shape index (κ3) is 2.93. The lowest BCUT2D eigenvalue weighted by Crippen LogP contribution is -2.54. The average molecular weight is 358 g/mol. The van der Waals surface area contributed by atoms with Gasteiger partial charge in [-0.05, 0) is 43.9 Å². The lowest BCUT2D eigenvalue weighted by molar-refractivity contribution is -0.143. The SMILES string of the molecule is O=C(O)[C@@H]1COC2(CCCCC2)N1C(=O)c1ccc(Cl)c(Cl)c1. The first kappa shape index (κ1) is 16.6. The number of hydrogen-bond donors (Lipinski definition) is 1. The standard InChI is InChI=1S/C16H17Cl2NO4/c17-11-5-4-10(8-12(11)18)14(20)19-13(15(21)22)9-23-16(19)6-2-1-3-7-16/h4-5,8,13H,1-3,6-7,9H2,(H,21,22)/t13-/m0/s1. The van der Waals surface area contributed by atoms with Crippen LogP contribution in [-0.4, -0.2) is 40.3 Å². The first-order valence-corrected chi connectivity index (χ1v) is 8.36. The maximum absolute atomic E-state index is 13.0. The molecular weight excluding hydrogens is 341 g/mol. The number of nitrogens with zero attached hydrogens (tertiary/aromatic N) is 1. The minimum absolute atomic E-state index is 0.0163. The summed E-state index contributed by atoms with van der Waals surface area (Å²) in [7, 11) is 0. The zero-order valence-electron chi connectivity index (χ0n) is 12.4. The van der Waals surface area contributed by atoms with Crippen molar-refractivity contribution in [3.63, 3.8) is 0 Å². The topological polar surface area (TPSA) is 66.8 Å². The van der Waals surface area contributed by atoms with Crippen molar-refractivity contribution in [2.24, 2.45) is 0 Å². The summed E-state index contributed by atoms with van der Waals surface area (Å²) >= 11 is 11.9. The molecule has 1 aliphatic heterocycles. The second-order valence-corrected chi connectivity index (χ2v) is 6.79. The normalized spacial score (nSPS) is 23.2. The third-order valence-electron chi connectivity index (χ3n) is 4.57. The number of carboxylic acid groups (broad SMARTS) is 1. The largest absolute Gasteiger partial charge is 0.480 e. The van der Waals surface area contributed by atoms with Crippen LogP contribution in [0.4, 0.5) is 0 Å². The zero-order valence-corrected chi connectivity index (χ0v) is 13.9. The first-order chi connectivity index (χ1) is 10.9. The number of aliphatic carboxylic acids is 1. The molecule has 1 aliphatic carbocycles. The van der Waals surface area contributed by atoms with E-state index in [1.165, 1.54) is 17.0 Å². The molecular formula is C16H17Cl2NO4. The van der Waals surface area contributed by atoms with Gasteiger partial charge in [-0.2, -0.15) is 0 Å². The van der Waals surface area contributed by atoms with Gasteiger partial charge in [-0.3, -0.25) is 9.69 Å². The highest BCUT2D eigenvalue weighted by atomic mass is 35.5. The lowest BCUT2D eigenvalue weighted by atomic mass is 9.89. The Kier molecular flexibility index (Phi) is 4.54. The molecule has 1 atom stereocenters. The number of carboxylic acids is 1. The molecule has 1 saturated heterocycles. The summed E-state index contributed by atoms with van der Waals surface area (Å²) in [5.74, 6) is -1.43. The first-order valence-electron chi connectivity index (χ1n) is 7.60.